The molecule has 2 aromatic carbocycles. The van der Waals surface area contributed by atoms with Crippen molar-refractivity contribution in [3.05, 3.63) is 83.7 Å². The second-order valence-corrected chi connectivity index (χ2v) is 13.1. The number of amides is 1. The Morgan fingerprint density at radius 3 is 2.33 bits per heavy atom. The Kier molecular flexibility index (Phi) is 8.85. The molecule has 8 nitrogen and oxygen atoms in total. The van der Waals surface area contributed by atoms with E-state index in [1.165, 1.54) is 5.56 Å². The summed E-state index contributed by atoms with van der Waals surface area (Å²) in [4.78, 5) is 38.5. The van der Waals surface area contributed by atoms with Gasteiger partial charge in [-0.25, -0.2) is 4.98 Å². The summed E-state index contributed by atoms with van der Waals surface area (Å²) in [5.74, 6) is 0.788. The quantitative estimate of drug-likeness (QED) is 0.228. The molecular weight excluding hydrogens is 536 g/mol. The summed E-state index contributed by atoms with van der Waals surface area (Å²) in [7, 11) is 5.91. The van der Waals surface area contributed by atoms with Crippen LogP contribution in [0.3, 0.4) is 0 Å². The molecule has 1 amide bonds. The van der Waals surface area contributed by atoms with Crippen LogP contribution in [0.4, 0.5) is 11.8 Å². The van der Waals surface area contributed by atoms with Gasteiger partial charge in [-0.3, -0.25) is 9.59 Å². The van der Waals surface area contributed by atoms with Crippen LogP contribution < -0.4 is 15.5 Å². The molecule has 43 heavy (non-hydrogen) atoms. The topological polar surface area (TPSA) is 92.2 Å². The predicted molar refractivity (Wildman–Crippen MR) is 174 cm³/mol. The molecule has 0 spiro atoms. The van der Waals surface area contributed by atoms with Crippen molar-refractivity contribution in [1.29, 1.82) is 0 Å². The minimum atomic E-state index is -0.584. The van der Waals surface area contributed by atoms with Crippen molar-refractivity contribution in [2.75, 3.05) is 24.3 Å². The van der Waals surface area contributed by atoms with Crippen molar-refractivity contribution in [2.24, 2.45) is 7.05 Å². The van der Waals surface area contributed by atoms with Crippen molar-refractivity contribution < 1.29 is 9.59 Å². The summed E-state index contributed by atoms with van der Waals surface area (Å²) in [5.41, 5.74) is 3.76. The van der Waals surface area contributed by atoms with E-state index < -0.39 is 5.92 Å². The number of Topliss-reactive ketones (excluding diaryl/α,β-unsaturated/α-hetero) is 1. The molecule has 1 unspecified atom stereocenters. The molecule has 2 heterocycles. The molecule has 226 valence electrons. The SMILES string of the molecule is CN(C)c1ccnc(N[C@H]2CC[C@@H](NC(=O)C(CC(=O)c3ccc(C(C)(C)C)cc3)c3cn(C)c4ccccc34)CC2)n1. The third-order valence-electron chi connectivity index (χ3n) is 8.59. The van der Waals surface area contributed by atoms with Gasteiger partial charge in [0, 0.05) is 68.5 Å². The number of carbonyl (C=O) groups excluding carboxylic acids is 2. The molecule has 2 aromatic heterocycles. The summed E-state index contributed by atoms with van der Waals surface area (Å²) in [6.45, 7) is 6.47. The number of aryl methyl sites for hydroxylation is 1. The monoisotopic (exact) mass is 580 g/mol. The zero-order valence-corrected chi connectivity index (χ0v) is 26.2. The van der Waals surface area contributed by atoms with Gasteiger partial charge in [-0.2, -0.15) is 4.98 Å². The zero-order valence-electron chi connectivity index (χ0n) is 26.2. The normalized spacial score (nSPS) is 17.8. The van der Waals surface area contributed by atoms with Gasteiger partial charge >= 0.3 is 0 Å². The highest BCUT2D eigenvalue weighted by atomic mass is 16.2. The van der Waals surface area contributed by atoms with E-state index in [1.54, 1.807) is 6.20 Å². The van der Waals surface area contributed by atoms with Gasteiger partial charge in [-0.1, -0.05) is 63.2 Å². The lowest BCUT2D eigenvalue weighted by atomic mass is 9.85. The first-order valence-electron chi connectivity index (χ1n) is 15.2. The standard InChI is InChI=1S/C35H44N6O2/c1-35(2,3)24-13-11-23(12-14-24)31(42)21-28(29-22-41(6)30-10-8-7-9-27(29)30)33(43)37-25-15-17-26(18-16-25)38-34-36-20-19-32(39-34)40(4)5/h7-14,19-20,22,25-26,28H,15-18,21H2,1-6H3,(H,37,43)(H,36,38,39)/t25-,26+,28?. The maximum absolute atomic E-state index is 14.0. The van der Waals surface area contributed by atoms with Crippen molar-refractivity contribution in [1.82, 2.24) is 19.9 Å². The van der Waals surface area contributed by atoms with Crippen molar-refractivity contribution in [3.8, 4) is 0 Å². The van der Waals surface area contributed by atoms with Crippen LogP contribution >= 0.6 is 0 Å². The fourth-order valence-corrected chi connectivity index (χ4v) is 5.99. The third-order valence-corrected chi connectivity index (χ3v) is 8.59. The maximum atomic E-state index is 14.0. The van der Waals surface area contributed by atoms with Gasteiger partial charge in [0.05, 0.1) is 5.92 Å². The second-order valence-electron chi connectivity index (χ2n) is 13.1. The molecule has 1 aliphatic carbocycles. The Bertz CT molecular complexity index is 1580. The number of rotatable bonds is 9. The smallest absolute Gasteiger partial charge is 0.228 e. The van der Waals surface area contributed by atoms with Crippen LogP contribution in [0.2, 0.25) is 0 Å². The van der Waals surface area contributed by atoms with Crippen LogP contribution in [0.25, 0.3) is 10.9 Å². The number of carbonyl (C=O) groups is 2. The Morgan fingerprint density at radius 1 is 0.977 bits per heavy atom. The second kappa shape index (κ2) is 12.6. The molecule has 0 saturated heterocycles. The fraction of sp³-hybridized carbons (Fsp3) is 0.429. The molecule has 0 aliphatic heterocycles. The number of hydrogen-bond donors (Lipinski definition) is 2. The van der Waals surface area contributed by atoms with Crippen LogP contribution in [-0.2, 0) is 17.3 Å². The molecule has 4 aromatic rings. The minimum absolute atomic E-state index is 0.00472. The summed E-state index contributed by atoms with van der Waals surface area (Å²) >= 11 is 0. The molecule has 2 N–H and O–H groups in total. The third kappa shape index (κ3) is 7.07. The molecule has 1 atom stereocenters. The van der Waals surface area contributed by atoms with Gasteiger partial charge < -0.3 is 20.1 Å². The average Bonchev–Trinajstić information content (AvgIpc) is 3.32. The summed E-state index contributed by atoms with van der Waals surface area (Å²) in [6, 6.07) is 18.1. The lowest BCUT2D eigenvalue weighted by Gasteiger charge is -2.31. The Morgan fingerprint density at radius 2 is 1.65 bits per heavy atom. The highest BCUT2D eigenvalue weighted by molar-refractivity contribution is 6.02. The average molecular weight is 581 g/mol. The number of hydrogen-bond acceptors (Lipinski definition) is 6. The number of aromatic nitrogens is 3. The van der Waals surface area contributed by atoms with Crippen molar-refractivity contribution in [2.45, 2.75) is 76.3 Å². The first-order valence-corrected chi connectivity index (χ1v) is 15.2. The van der Waals surface area contributed by atoms with E-state index in [1.807, 2.05) is 91.4 Å². The Balaban J connectivity index is 1.30. The first kappa shape index (κ1) is 30.3. The predicted octanol–water partition coefficient (Wildman–Crippen LogP) is 6.23. The lowest BCUT2D eigenvalue weighted by Crippen LogP contribution is -2.42. The van der Waals surface area contributed by atoms with Crippen LogP contribution in [0.15, 0.2) is 67.0 Å². The largest absolute Gasteiger partial charge is 0.363 e. The first-order chi connectivity index (χ1) is 20.5. The number of nitrogens with one attached hydrogen (secondary N) is 2. The van der Waals surface area contributed by atoms with E-state index in [0.29, 0.717) is 11.5 Å². The zero-order chi connectivity index (χ0) is 30.7. The summed E-state index contributed by atoms with van der Waals surface area (Å²) in [5, 5.41) is 7.80. The van der Waals surface area contributed by atoms with E-state index in [2.05, 4.69) is 41.4 Å². The minimum Gasteiger partial charge on any atom is -0.363 e. The van der Waals surface area contributed by atoms with E-state index in [-0.39, 0.29) is 35.6 Å². The Hall–Kier alpha value is -4.20. The van der Waals surface area contributed by atoms with E-state index in [4.69, 9.17) is 0 Å². The van der Waals surface area contributed by atoms with Crippen molar-refractivity contribution >= 4 is 34.4 Å². The van der Waals surface area contributed by atoms with Gasteiger partial charge in [0.25, 0.3) is 0 Å². The fourth-order valence-electron chi connectivity index (χ4n) is 5.99. The molecule has 0 bridgehead atoms. The van der Waals surface area contributed by atoms with Crippen LogP contribution in [-0.4, -0.2) is 52.4 Å². The Labute approximate surface area is 254 Å². The van der Waals surface area contributed by atoms with Gasteiger partial charge in [-0.15, -0.1) is 0 Å². The highest BCUT2D eigenvalue weighted by Gasteiger charge is 2.31. The maximum Gasteiger partial charge on any atom is 0.228 e. The van der Waals surface area contributed by atoms with Gasteiger partial charge in [0.2, 0.25) is 11.9 Å². The van der Waals surface area contributed by atoms with E-state index >= 15 is 0 Å². The van der Waals surface area contributed by atoms with Gasteiger partial charge in [0.15, 0.2) is 5.78 Å². The molecular formula is C35H44N6O2. The van der Waals surface area contributed by atoms with Crippen molar-refractivity contribution in [3.63, 3.8) is 0 Å². The number of fused-ring (bicyclic) bond motifs is 1. The molecule has 1 fully saturated rings. The summed E-state index contributed by atoms with van der Waals surface area (Å²) < 4.78 is 2.04. The summed E-state index contributed by atoms with van der Waals surface area (Å²) in [6.07, 6.45) is 7.39. The molecule has 0 radical (unpaired) electrons. The molecule has 8 heteroatoms. The number of nitrogens with zero attached hydrogens (tertiary/aromatic N) is 4. The number of anilines is 2. The number of para-hydroxylation sites is 1. The van der Waals surface area contributed by atoms with E-state index in [9.17, 15) is 9.59 Å². The van der Waals surface area contributed by atoms with E-state index in [0.717, 1.165) is 48.0 Å². The van der Waals surface area contributed by atoms with Crippen LogP contribution in [0.5, 0.6) is 0 Å². The van der Waals surface area contributed by atoms with Gasteiger partial charge in [0.1, 0.15) is 5.82 Å². The molecule has 1 saturated carbocycles. The molecule has 1 aliphatic rings. The van der Waals surface area contributed by atoms with Gasteiger partial charge in [-0.05, 0) is 54.4 Å². The molecule has 5 rings (SSSR count). The van der Waals surface area contributed by atoms with Crippen LogP contribution in [0, 0.1) is 0 Å². The highest BCUT2D eigenvalue weighted by Crippen LogP contribution is 2.32. The lowest BCUT2D eigenvalue weighted by molar-refractivity contribution is -0.123. The van der Waals surface area contributed by atoms with Crippen LogP contribution in [0.1, 0.15) is 80.3 Å². The number of benzene rings is 2. The number of ketones is 1.